The summed E-state index contributed by atoms with van der Waals surface area (Å²) in [6.07, 6.45) is 4.70. The molecule has 0 bridgehead atoms. The van der Waals surface area contributed by atoms with E-state index in [-0.39, 0.29) is 0 Å². The largest absolute Gasteiger partial charge is 0.357 e. The normalized spacial score (nSPS) is 10.2. The SMILES string of the molecule is CCCCN(CCCC)C(=N)c1ccccc1. The van der Waals surface area contributed by atoms with Gasteiger partial charge in [0.05, 0.1) is 0 Å². The number of rotatable bonds is 7. The number of amidine groups is 1. The quantitative estimate of drug-likeness (QED) is 0.560. The highest BCUT2D eigenvalue weighted by Gasteiger charge is 2.10. The molecule has 0 heterocycles. The molecule has 17 heavy (non-hydrogen) atoms. The second-order valence-electron chi connectivity index (χ2n) is 4.41. The monoisotopic (exact) mass is 232 g/mol. The number of nitrogens with one attached hydrogen (secondary N) is 1. The molecule has 0 atom stereocenters. The lowest BCUT2D eigenvalue weighted by molar-refractivity contribution is 0.397. The van der Waals surface area contributed by atoms with Crippen LogP contribution in [0, 0.1) is 5.41 Å². The van der Waals surface area contributed by atoms with Crippen LogP contribution in [0.5, 0.6) is 0 Å². The molecule has 1 aromatic carbocycles. The molecule has 1 aromatic rings. The van der Waals surface area contributed by atoms with Crippen molar-refractivity contribution in [2.24, 2.45) is 0 Å². The summed E-state index contributed by atoms with van der Waals surface area (Å²) in [7, 11) is 0. The Balaban J connectivity index is 2.64. The lowest BCUT2D eigenvalue weighted by atomic mass is 10.1. The number of hydrogen-bond donors (Lipinski definition) is 1. The fourth-order valence-electron chi connectivity index (χ4n) is 1.81. The predicted octanol–water partition coefficient (Wildman–Crippen LogP) is 3.91. The Hall–Kier alpha value is -1.31. The number of unbranched alkanes of at least 4 members (excludes halogenated alkanes) is 2. The van der Waals surface area contributed by atoms with E-state index in [1.807, 2.05) is 30.3 Å². The molecule has 2 nitrogen and oxygen atoms in total. The van der Waals surface area contributed by atoms with Crippen molar-refractivity contribution in [2.45, 2.75) is 39.5 Å². The molecule has 0 aromatic heterocycles. The first-order chi connectivity index (χ1) is 8.29. The van der Waals surface area contributed by atoms with Crippen LogP contribution in [0.4, 0.5) is 0 Å². The molecule has 0 aliphatic rings. The number of benzene rings is 1. The second kappa shape index (κ2) is 7.88. The Kier molecular flexibility index (Phi) is 6.38. The highest BCUT2D eigenvalue weighted by atomic mass is 15.2. The minimum Gasteiger partial charge on any atom is -0.357 e. The molecular weight excluding hydrogens is 208 g/mol. The molecule has 0 amide bonds. The van der Waals surface area contributed by atoms with Gasteiger partial charge in [0.2, 0.25) is 0 Å². The van der Waals surface area contributed by atoms with E-state index in [1.165, 1.54) is 25.7 Å². The first-order valence-electron chi connectivity index (χ1n) is 6.68. The van der Waals surface area contributed by atoms with Crippen LogP contribution in [-0.4, -0.2) is 23.8 Å². The third-order valence-corrected chi connectivity index (χ3v) is 2.93. The Bertz CT molecular complexity index is 311. The van der Waals surface area contributed by atoms with Gasteiger partial charge in [-0.2, -0.15) is 0 Å². The van der Waals surface area contributed by atoms with E-state index in [1.54, 1.807) is 0 Å². The third-order valence-electron chi connectivity index (χ3n) is 2.93. The molecule has 0 aliphatic heterocycles. The summed E-state index contributed by atoms with van der Waals surface area (Å²) in [5, 5.41) is 8.27. The Morgan fingerprint density at radius 3 is 2.00 bits per heavy atom. The van der Waals surface area contributed by atoms with Gasteiger partial charge in [-0.3, -0.25) is 5.41 Å². The van der Waals surface area contributed by atoms with Crippen LogP contribution in [0.3, 0.4) is 0 Å². The fraction of sp³-hybridized carbons (Fsp3) is 0.533. The summed E-state index contributed by atoms with van der Waals surface area (Å²) in [6.45, 7) is 6.41. The van der Waals surface area contributed by atoms with Gasteiger partial charge >= 0.3 is 0 Å². The van der Waals surface area contributed by atoms with Gasteiger partial charge in [-0.1, -0.05) is 57.0 Å². The molecule has 0 unspecified atom stereocenters. The first kappa shape index (κ1) is 13.8. The van der Waals surface area contributed by atoms with E-state index in [2.05, 4.69) is 18.7 Å². The average Bonchev–Trinajstić information content (AvgIpc) is 2.39. The summed E-state index contributed by atoms with van der Waals surface area (Å²) in [5.74, 6) is 0.674. The van der Waals surface area contributed by atoms with Gasteiger partial charge in [-0.05, 0) is 12.8 Å². The van der Waals surface area contributed by atoms with E-state index in [9.17, 15) is 0 Å². The van der Waals surface area contributed by atoms with Crippen molar-refractivity contribution < 1.29 is 0 Å². The minimum atomic E-state index is 0.674. The summed E-state index contributed by atoms with van der Waals surface area (Å²) in [4.78, 5) is 2.21. The standard InChI is InChI=1S/C15H24N2/c1-3-5-12-17(13-6-4-2)15(16)14-10-8-7-9-11-14/h7-11,16H,3-6,12-13H2,1-2H3. The van der Waals surface area contributed by atoms with Gasteiger partial charge in [0.1, 0.15) is 5.84 Å². The molecule has 0 fully saturated rings. The van der Waals surface area contributed by atoms with Gasteiger partial charge in [-0.25, -0.2) is 0 Å². The van der Waals surface area contributed by atoms with Crippen LogP contribution in [-0.2, 0) is 0 Å². The maximum atomic E-state index is 8.27. The maximum Gasteiger partial charge on any atom is 0.128 e. The maximum absolute atomic E-state index is 8.27. The smallest absolute Gasteiger partial charge is 0.128 e. The molecule has 2 heteroatoms. The molecular formula is C15H24N2. The summed E-state index contributed by atoms with van der Waals surface area (Å²) in [6, 6.07) is 10.0. The van der Waals surface area contributed by atoms with E-state index >= 15 is 0 Å². The van der Waals surface area contributed by atoms with Crippen molar-refractivity contribution in [3.8, 4) is 0 Å². The van der Waals surface area contributed by atoms with Crippen LogP contribution in [0.2, 0.25) is 0 Å². The van der Waals surface area contributed by atoms with Crippen LogP contribution < -0.4 is 0 Å². The second-order valence-corrected chi connectivity index (χ2v) is 4.41. The van der Waals surface area contributed by atoms with E-state index in [4.69, 9.17) is 5.41 Å². The van der Waals surface area contributed by atoms with Crippen molar-refractivity contribution in [3.05, 3.63) is 35.9 Å². The minimum absolute atomic E-state index is 0.674. The van der Waals surface area contributed by atoms with Gasteiger partial charge in [-0.15, -0.1) is 0 Å². The van der Waals surface area contributed by atoms with Crippen LogP contribution in [0.1, 0.15) is 45.1 Å². The van der Waals surface area contributed by atoms with Gasteiger partial charge in [0, 0.05) is 18.7 Å². The summed E-state index contributed by atoms with van der Waals surface area (Å²) < 4.78 is 0. The molecule has 0 aliphatic carbocycles. The van der Waals surface area contributed by atoms with Crippen LogP contribution >= 0.6 is 0 Å². The predicted molar refractivity (Wildman–Crippen MR) is 74.7 cm³/mol. The highest BCUT2D eigenvalue weighted by molar-refractivity contribution is 5.96. The van der Waals surface area contributed by atoms with Gasteiger partial charge in [0.15, 0.2) is 0 Å². The van der Waals surface area contributed by atoms with Crippen molar-refractivity contribution in [3.63, 3.8) is 0 Å². The Morgan fingerprint density at radius 1 is 1.00 bits per heavy atom. The number of hydrogen-bond acceptors (Lipinski definition) is 1. The summed E-state index contributed by atoms with van der Waals surface area (Å²) >= 11 is 0. The molecule has 1 rings (SSSR count). The van der Waals surface area contributed by atoms with E-state index in [0.717, 1.165) is 18.7 Å². The van der Waals surface area contributed by atoms with E-state index in [0.29, 0.717) is 5.84 Å². The van der Waals surface area contributed by atoms with Gasteiger partial charge in [0.25, 0.3) is 0 Å². The lowest BCUT2D eigenvalue weighted by Crippen LogP contribution is -2.32. The van der Waals surface area contributed by atoms with E-state index < -0.39 is 0 Å². The highest BCUT2D eigenvalue weighted by Crippen LogP contribution is 2.07. The zero-order chi connectivity index (χ0) is 12.5. The molecule has 0 radical (unpaired) electrons. The zero-order valence-electron chi connectivity index (χ0n) is 11.1. The molecule has 94 valence electrons. The Morgan fingerprint density at radius 2 is 1.53 bits per heavy atom. The fourth-order valence-corrected chi connectivity index (χ4v) is 1.81. The lowest BCUT2D eigenvalue weighted by Gasteiger charge is -2.25. The van der Waals surface area contributed by atoms with Crippen molar-refractivity contribution >= 4 is 5.84 Å². The summed E-state index contributed by atoms with van der Waals surface area (Å²) in [5.41, 5.74) is 1.03. The first-order valence-corrected chi connectivity index (χ1v) is 6.68. The van der Waals surface area contributed by atoms with Crippen molar-refractivity contribution in [1.29, 1.82) is 5.41 Å². The zero-order valence-corrected chi connectivity index (χ0v) is 11.1. The topological polar surface area (TPSA) is 27.1 Å². The van der Waals surface area contributed by atoms with Crippen LogP contribution in [0.15, 0.2) is 30.3 Å². The Labute approximate surface area is 105 Å². The molecule has 0 saturated heterocycles. The molecule has 1 N–H and O–H groups in total. The van der Waals surface area contributed by atoms with Crippen molar-refractivity contribution in [1.82, 2.24) is 4.90 Å². The molecule has 0 spiro atoms. The number of nitrogens with zero attached hydrogens (tertiary/aromatic N) is 1. The van der Waals surface area contributed by atoms with Gasteiger partial charge < -0.3 is 4.90 Å². The van der Waals surface area contributed by atoms with Crippen LogP contribution in [0.25, 0.3) is 0 Å². The average molecular weight is 232 g/mol. The molecule has 0 saturated carbocycles. The van der Waals surface area contributed by atoms with Crippen molar-refractivity contribution in [2.75, 3.05) is 13.1 Å². The third kappa shape index (κ3) is 4.59.